The fraction of sp³-hybridized carbons (Fsp3) is 0.765. The molecule has 1 saturated heterocycles. The van der Waals surface area contributed by atoms with Crippen LogP contribution in [0.4, 0.5) is 0 Å². The fourth-order valence-electron chi connectivity index (χ4n) is 2.74. The minimum absolute atomic E-state index is 0.165. The number of carbonyl (C=O) groups is 3. The maximum atomic E-state index is 11.6. The van der Waals surface area contributed by atoms with Crippen LogP contribution in [0.3, 0.4) is 0 Å². The highest BCUT2D eigenvalue weighted by molar-refractivity contribution is 8.13. The van der Waals surface area contributed by atoms with Crippen molar-refractivity contribution in [3.05, 3.63) is 0 Å². The second-order valence-corrected chi connectivity index (χ2v) is 7.24. The van der Waals surface area contributed by atoms with E-state index in [-0.39, 0.29) is 6.61 Å². The van der Waals surface area contributed by atoms with E-state index in [0.717, 1.165) is 18.6 Å². The van der Waals surface area contributed by atoms with Crippen LogP contribution in [0, 0.1) is 0 Å². The fourth-order valence-corrected chi connectivity index (χ4v) is 3.71. The van der Waals surface area contributed by atoms with Gasteiger partial charge in [0.05, 0.1) is 0 Å². The summed E-state index contributed by atoms with van der Waals surface area (Å²) >= 11 is 1.44. The van der Waals surface area contributed by atoms with Crippen LogP contribution in [0.15, 0.2) is 4.99 Å². The molecule has 0 amide bonds. The number of unbranched alkanes of at least 4 members (excludes halogenated alkanes) is 1. The minimum atomic E-state index is -0.984. The number of fused-ring (bicyclic) bond motifs is 1. The summed E-state index contributed by atoms with van der Waals surface area (Å²) < 4.78 is 27.4. The average molecular weight is 403 g/mol. The molecule has 2 aliphatic rings. The summed E-state index contributed by atoms with van der Waals surface area (Å²) in [6, 6.07) is 0. The zero-order valence-electron chi connectivity index (χ0n) is 15.8. The van der Waals surface area contributed by atoms with Crippen LogP contribution in [-0.2, 0) is 38.1 Å². The second kappa shape index (κ2) is 9.93. The Balaban J connectivity index is 2.20. The summed E-state index contributed by atoms with van der Waals surface area (Å²) in [5, 5.41) is 0.435. The van der Waals surface area contributed by atoms with Crippen LogP contribution >= 0.6 is 11.8 Å². The third kappa shape index (κ3) is 6.10. The van der Waals surface area contributed by atoms with Gasteiger partial charge in [-0.3, -0.25) is 14.4 Å². The summed E-state index contributed by atoms with van der Waals surface area (Å²) in [7, 11) is 0. The summed E-state index contributed by atoms with van der Waals surface area (Å²) in [5.41, 5.74) is 0. The van der Waals surface area contributed by atoms with E-state index in [1.165, 1.54) is 32.5 Å². The van der Waals surface area contributed by atoms with Crippen LogP contribution in [-0.4, -0.2) is 66.1 Å². The first kappa shape index (κ1) is 21.5. The van der Waals surface area contributed by atoms with E-state index in [1.807, 2.05) is 0 Å². The van der Waals surface area contributed by atoms with Crippen LogP contribution in [0.5, 0.6) is 0 Å². The molecule has 10 heteroatoms. The van der Waals surface area contributed by atoms with Crippen molar-refractivity contribution in [1.82, 2.24) is 0 Å². The zero-order valence-corrected chi connectivity index (χ0v) is 16.7. The SMILES string of the molecule is CCCCSC1=N[C@H]2O[C@H](COC(C)=O)[C@@H](OC(C)=O)[C@H](OC(C)=O)[C@H]2O1. The number of nitrogens with zero attached hydrogens (tertiary/aromatic N) is 1. The first-order valence-corrected chi connectivity index (χ1v) is 9.80. The first-order valence-electron chi connectivity index (χ1n) is 8.82. The van der Waals surface area contributed by atoms with Gasteiger partial charge in [0.1, 0.15) is 12.7 Å². The van der Waals surface area contributed by atoms with Crippen molar-refractivity contribution >= 4 is 34.9 Å². The summed E-state index contributed by atoms with van der Waals surface area (Å²) in [6.45, 7) is 5.67. The average Bonchev–Trinajstić information content (AvgIpc) is 2.97. The number of ether oxygens (including phenoxy) is 5. The molecule has 0 aromatic heterocycles. The maximum Gasteiger partial charge on any atom is 0.303 e. The Morgan fingerprint density at radius 1 is 1.07 bits per heavy atom. The topological polar surface area (TPSA) is 110 Å². The van der Waals surface area contributed by atoms with Gasteiger partial charge in [-0.05, 0) is 6.42 Å². The Hall–Kier alpha value is -1.81. The predicted octanol–water partition coefficient (Wildman–Crippen LogP) is 1.43. The molecule has 9 nitrogen and oxygen atoms in total. The highest BCUT2D eigenvalue weighted by atomic mass is 32.2. The Morgan fingerprint density at radius 3 is 2.33 bits per heavy atom. The van der Waals surface area contributed by atoms with E-state index >= 15 is 0 Å². The molecule has 0 aromatic rings. The lowest BCUT2D eigenvalue weighted by Crippen LogP contribution is -2.60. The van der Waals surface area contributed by atoms with Crippen LogP contribution < -0.4 is 0 Å². The summed E-state index contributed by atoms with van der Waals surface area (Å²) in [6.07, 6.45) is -2.20. The molecule has 0 aliphatic carbocycles. The molecule has 2 rings (SSSR count). The van der Waals surface area contributed by atoms with Gasteiger partial charge in [0.2, 0.25) is 5.23 Å². The largest absolute Gasteiger partial charge is 0.463 e. The monoisotopic (exact) mass is 403 g/mol. The van der Waals surface area contributed by atoms with Gasteiger partial charge in [0.25, 0.3) is 0 Å². The van der Waals surface area contributed by atoms with Crippen LogP contribution in [0.25, 0.3) is 0 Å². The molecule has 1 fully saturated rings. The maximum absolute atomic E-state index is 11.6. The van der Waals surface area contributed by atoms with E-state index < -0.39 is 48.6 Å². The number of esters is 3. The molecule has 27 heavy (non-hydrogen) atoms. The number of hydrogen-bond acceptors (Lipinski definition) is 10. The van der Waals surface area contributed by atoms with Crippen molar-refractivity contribution in [2.45, 2.75) is 71.2 Å². The molecular weight excluding hydrogens is 378 g/mol. The number of carbonyl (C=O) groups excluding carboxylic acids is 3. The summed E-state index contributed by atoms with van der Waals surface area (Å²) in [4.78, 5) is 38.7. The molecule has 0 saturated carbocycles. The van der Waals surface area contributed by atoms with E-state index in [2.05, 4.69) is 11.9 Å². The van der Waals surface area contributed by atoms with Gasteiger partial charge in [-0.15, -0.1) is 0 Å². The molecule has 0 N–H and O–H groups in total. The molecule has 152 valence electrons. The van der Waals surface area contributed by atoms with Crippen molar-refractivity contribution in [3.63, 3.8) is 0 Å². The molecule has 0 unspecified atom stereocenters. The van der Waals surface area contributed by atoms with Crippen molar-refractivity contribution < 1.29 is 38.1 Å². The number of aliphatic imine (C=N–C) groups is 1. The third-order valence-electron chi connectivity index (χ3n) is 3.86. The standard InChI is InChI=1S/C17H25NO8S/c1-5-6-7-27-17-18-16-15(26-17)14(24-11(4)21)13(23-10(3)20)12(25-16)8-22-9(2)19/h12-16H,5-8H2,1-4H3/t12-,13-,14+,15-,16+/m1/s1. The van der Waals surface area contributed by atoms with Gasteiger partial charge in [-0.25, -0.2) is 4.99 Å². The quantitative estimate of drug-likeness (QED) is 0.354. The van der Waals surface area contributed by atoms with Crippen molar-refractivity contribution in [2.75, 3.05) is 12.4 Å². The lowest BCUT2D eigenvalue weighted by molar-refractivity contribution is -0.236. The first-order chi connectivity index (χ1) is 12.8. The third-order valence-corrected chi connectivity index (χ3v) is 4.80. The molecule has 5 atom stereocenters. The van der Waals surface area contributed by atoms with E-state index in [0.29, 0.717) is 5.23 Å². The lowest BCUT2D eigenvalue weighted by Gasteiger charge is -2.40. The number of rotatable bonds is 7. The van der Waals surface area contributed by atoms with E-state index in [4.69, 9.17) is 23.7 Å². The smallest absolute Gasteiger partial charge is 0.303 e. The van der Waals surface area contributed by atoms with Gasteiger partial charge in [0.15, 0.2) is 24.5 Å². The van der Waals surface area contributed by atoms with Crippen molar-refractivity contribution in [2.24, 2.45) is 4.99 Å². The molecule has 0 bridgehead atoms. The van der Waals surface area contributed by atoms with Gasteiger partial charge >= 0.3 is 17.9 Å². The normalized spacial score (nSPS) is 29.2. The van der Waals surface area contributed by atoms with Gasteiger partial charge in [-0.1, -0.05) is 25.1 Å². The summed E-state index contributed by atoms with van der Waals surface area (Å²) in [5.74, 6) is -0.811. The van der Waals surface area contributed by atoms with E-state index in [9.17, 15) is 14.4 Å². The molecule has 0 radical (unpaired) electrons. The minimum Gasteiger partial charge on any atom is -0.463 e. The molecule has 0 spiro atoms. The Labute approximate surface area is 162 Å². The Morgan fingerprint density at radius 2 is 1.74 bits per heavy atom. The highest BCUT2D eigenvalue weighted by Crippen LogP contribution is 2.34. The van der Waals surface area contributed by atoms with Crippen LogP contribution in [0.2, 0.25) is 0 Å². The van der Waals surface area contributed by atoms with Gasteiger partial charge < -0.3 is 23.7 Å². The molecule has 0 aromatic carbocycles. The zero-order chi connectivity index (χ0) is 20.0. The number of hydrogen-bond donors (Lipinski definition) is 0. The molecular formula is C17H25NO8S. The van der Waals surface area contributed by atoms with Crippen molar-refractivity contribution in [3.8, 4) is 0 Å². The Bertz CT molecular complexity index is 595. The molecule has 2 heterocycles. The van der Waals surface area contributed by atoms with Gasteiger partial charge in [0, 0.05) is 26.5 Å². The van der Waals surface area contributed by atoms with Crippen molar-refractivity contribution in [1.29, 1.82) is 0 Å². The lowest BCUT2D eigenvalue weighted by atomic mass is 9.98. The van der Waals surface area contributed by atoms with Gasteiger partial charge in [-0.2, -0.15) is 0 Å². The second-order valence-electron chi connectivity index (χ2n) is 6.20. The predicted molar refractivity (Wildman–Crippen MR) is 96.1 cm³/mol. The number of thioether (sulfide) groups is 1. The van der Waals surface area contributed by atoms with E-state index in [1.54, 1.807) is 0 Å². The molecule has 2 aliphatic heterocycles. The Kier molecular flexibility index (Phi) is 7.91. The highest BCUT2D eigenvalue weighted by Gasteiger charge is 2.54. The van der Waals surface area contributed by atoms with Crippen LogP contribution in [0.1, 0.15) is 40.5 Å².